The molecular weight excluding hydrogens is 332 g/mol. The summed E-state index contributed by atoms with van der Waals surface area (Å²) in [7, 11) is 0. The van der Waals surface area contributed by atoms with Gasteiger partial charge < -0.3 is 9.88 Å². The van der Waals surface area contributed by atoms with Gasteiger partial charge in [0.15, 0.2) is 5.82 Å². The number of aromatic nitrogens is 3. The van der Waals surface area contributed by atoms with E-state index < -0.39 is 0 Å². The average molecular weight is 349 g/mol. The summed E-state index contributed by atoms with van der Waals surface area (Å²) in [5, 5.41) is 10.8. The van der Waals surface area contributed by atoms with Crippen LogP contribution in [0.4, 0.5) is 0 Å². The van der Waals surface area contributed by atoms with Crippen molar-refractivity contribution in [3.05, 3.63) is 46.5 Å². The molecule has 1 N–H and O–H groups in total. The lowest BCUT2D eigenvalue weighted by atomic mass is 10.1. The Balaban J connectivity index is 1.55. The second-order valence-electron chi connectivity index (χ2n) is 5.25. The molecule has 0 aliphatic heterocycles. The number of rotatable bonds is 5. The first-order valence-electron chi connectivity index (χ1n) is 7.09. The van der Waals surface area contributed by atoms with Gasteiger partial charge >= 0.3 is 0 Å². The van der Waals surface area contributed by atoms with E-state index in [1.165, 1.54) is 5.56 Å². The van der Waals surface area contributed by atoms with Crippen LogP contribution in [0.15, 0.2) is 35.1 Å². The normalized spacial score (nSPS) is 20.3. The van der Waals surface area contributed by atoms with Crippen LogP contribution in [0.1, 0.15) is 30.7 Å². The topological polar surface area (TPSA) is 59.8 Å². The van der Waals surface area contributed by atoms with Gasteiger partial charge in [-0.1, -0.05) is 28.1 Å². The van der Waals surface area contributed by atoms with E-state index in [4.69, 9.17) is 0 Å². The highest BCUT2D eigenvalue weighted by molar-refractivity contribution is 9.10. The van der Waals surface area contributed by atoms with E-state index in [2.05, 4.69) is 43.6 Å². The van der Waals surface area contributed by atoms with Crippen LogP contribution in [-0.4, -0.2) is 20.7 Å². The highest BCUT2D eigenvalue weighted by Crippen LogP contribution is 2.47. The summed E-state index contributed by atoms with van der Waals surface area (Å²) in [6.07, 6.45) is 2.61. The van der Waals surface area contributed by atoms with Crippen molar-refractivity contribution in [1.82, 2.24) is 20.1 Å². The molecule has 6 heteroatoms. The van der Waals surface area contributed by atoms with Gasteiger partial charge in [0.1, 0.15) is 6.33 Å². The molecule has 0 spiro atoms. The minimum Gasteiger partial charge on any atom is -0.349 e. The highest BCUT2D eigenvalue weighted by Gasteiger charge is 2.43. The minimum atomic E-state index is 0.0872. The third-order valence-corrected chi connectivity index (χ3v) is 4.41. The largest absolute Gasteiger partial charge is 0.349 e. The smallest absolute Gasteiger partial charge is 0.224 e. The van der Waals surface area contributed by atoms with Crippen molar-refractivity contribution in [2.24, 2.45) is 5.92 Å². The predicted molar refractivity (Wildman–Crippen MR) is 82.5 cm³/mol. The Kier molecular flexibility index (Phi) is 4.05. The van der Waals surface area contributed by atoms with Crippen LogP contribution in [-0.2, 0) is 17.9 Å². The molecule has 1 aliphatic rings. The number of nitrogens with one attached hydrogen (secondary N) is 1. The summed E-state index contributed by atoms with van der Waals surface area (Å²) < 4.78 is 2.99. The molecule has 1 aromatic heterocycles. The summed E-state index contributed by atoms with van der Waals surface area (Å²) in [6, 6.07) is 8.20. The molecule has 1 heterocycles. The molecule has 0 saturated heterocycles. The van der Waals surface area contributed by atoms with Crippen LogP contribution in [0.2, 0.25) is 0 Å². The molecule has 0 unspecified atom stereocenters. The van der Waals surface area contributed by atoms with Crippen molar-refractivity contribution < 1.29 is 4.79 Å². The fourth-order valence-corrected chi connectivity index (χ4v) is 2.80. The lowest BCUT2D eigenvalue weighted by molar-refractivity contribution is -0.122. The maximum Gasteiger partial charge on any atom is 0.224 e. The Morgan fingerprint density at radius 1 is 1.43 bits per heavy atom. The number of amides is 1. The molecule has 1 saturated carbocycles. The van der Waals surface area contributed by atoms with Gasteiger partial charge in [-0.05, 0) is 37.0 Å². The van der Waals surface area contributed by atoms with Gasteiger partial charge in [-0.2, -0.15) is 0 Å². The van der Waals surface area contributed by atoms with Crippen molar-refractivity contribution >= 4 is 21.8 Å². The van der Waals surface area contributed by atoms with Gasteiger partial charge in [0.2, 0.25) is 5.91 Å². The maximum atomic E-state index is 12.2. The third kappa shape index (κ3) is 3.15. The summed E-state index contributed by atoms with van der Waals surface area (Å²) in [4.78, 5) is 12.2. The van der Waals surface area contributed by atoms with Crippen molar-refractivity contribution in [2.45, 2.75) is 32.4 Å². The Morgan fingerprint density at radius 3 is 2.90 bits per heavy atom. The first-order chi connectivity index (χ1) is 10.2. The van der Waals surface area contributed by atoms with E-state index in [0.717, 1.165) is 23.3 Å². The summed E-state index contributed by atoms with van der Waals surface area (Å²) in [5.41, 5.74) is 1.23. The third-order valence-electron chi connectivity index (χ3n) is 3.88. The van der Waals surface area contributed by atoms with Crippen LogP contribution in [0.25, 0.3) is 0 Å². The summed E-state index contributed by atoms with van der Waals surface area (Å²) in [6.45, 7) is 3.28. The van der Waals surface area contributed by atoms with Gasteiger partial charge in [-0.3, -0.25) is 4.79 Å². The standard InChI is InChI=1S/C15H17BrN4O/c1-2-20-9-18-19-14(20)8-17-15(21)13-7-12(13)10-3-5-11(16)6-4-10/h3-6,9,12-13H,2,7-8H2,1H3,(H,17,21)/t12-,13-/m0/s1. The molecule has 1 fully saturated rings. The lowest BCUT2D eigenvalue weighted by Crippen LogP contribution is -2.26. The molecule has 3 rings (SSSR count). The number of aryl methyl sites for hydroxylation is 1. The molecule has 2 aromatic rings. The van der Waals surface area contributed by atoms with Gasteiger partial charge in [-0.15, -0.1) is 10.2 Å². The highest BCUT2D eigenvalue weighted by atomic mass is 79.9. The van der Waals surface area contributed by atoms with E-state index in [1.807, 2.05) is 23.6 Å². The quantitative estimate of drug-likeness (QED) is 0.902. The van der Waals surface area contributed by atoms with E-state index in [9.17, 15) is 4.79 Å². The van der Waals surface area contributed by atoms with Gasteiger partial charge in [0.05, 0.1) is 6.54 Å². The van der Waals surface area contributed by atoms with E-state index in [0.29, 0.717) is 12.5 Å². The number of halogens is 1. The Bertz CT molecular complexity index is 637. The summed E-state index contributed by atoms with van der Waals surface area (Å²) >= 11 is 3.43. The van der Waals surface area contributed by atoms with Crippen molar-refractivity contribution in [3.8, 4) is 0 Å². The Labute approximate surface area is 131 Å². The van der Waals surface area contributed by atoms with Crippen LogP contribution in [0, 0.1) is 5.92 Å². The molecule has 110 valence electrons. The van der Waals surface area contributed by atoms with E-state index >= 15 is 0 Å². The monoisotopic (exact) mass is 348 g/mol. The van der Waals surface area contributed by atoms with E-state index in [-0.39, 0.29) is 11.8 Å². The average Bonchev–Trinajstić information content (AvgIpc) is 3.16. The number of nitrogens with zero attached hydrogens (tertiary/aromatic N) is 3. The molecule has 1 amide bonds. The maximum absolute atomic E-state index is 12.2. The SMILES string of the molecule is CCn1cnnc1CNC(=O)[C@H]1C[C@H]1c1ccc(Br)cc1. The predicted octanol–water partition coefficient (Wildman–Crippen LogP) is 2.48. The fraction of sp³-hybridized carbons (Fsp3) is 0.400. The molecule has 21 heavy (non-hydrogen) atoms. The van der Waals surface area contributed by atoms with E-state index in [1.54, 1.807) is 6.33 Å². The van der Waals surface area contributed by atoms with Crippen molar-refractivity contribution in [3.63, 3.8) is 0 Å². The zero-order valence-electron chi connectivity index (χ0n) is 11.8. The second-order valence-corrected chi connectivity index (χ2v) is 6.17. The zero-order valence-corrected chi connectivity index (χ0v) is 13.4. The van der Waals surface area contributed by atoms with Gasteiger partial charge in [0, 0.05) is 16.9 Å². The Morgan fingerprint density at radius 2 is 2.19 bits per heavy atom. The molecular formula is C15H17BrN4O. The number of hydrogen-bond donors (Lipinski definition) is 1. The zero-order chi connectivity index (χ0) is 14.8. The number of carbonyl (C=O) groups is 1. The minimum absolute atomic E-state index is 0.0872. The molecule has 1 aromatic carbocycles. The molecule has 5 nitrogen and oxygen atoms in total. The van der Waals surface area contributed by atoms with Crippen LogP contribution >= 0.6 is 15.9 Å². The van der Waals surface area contributed by atoms with Crippen LogP contribution < -0.4 is 5.32 Å². The number of hydrogen-bond acceptors (Lipinski definition) is 3. The first-order valence-corrected chi connectivity index (χ1v) is 7.88. The molecule has 1 aliphatic carbocycles. The molecule has 0 radical (unpaired) electrons. The second kappa shape index (κ2) is 5.97. The molecule has 0 bridgehead atoms. The van der Waals surface area contributed by atoms with Crippen LogP contribution in [0.5, 0.6) is 0 Å². The molecule has 2 atom stereocenters. The number of benzene rings is 1. The van der Waals surface area contributed by atoms with Crippen molar-refractivity contribution in [2.75, 3.05) is 0 Å². The fourth-order valence-electron chi connectivity index (χ4n) is 2.54. The van der Waals surface area contributed by atoms with Crippen molar-refractivity contribution in [1.29, 1.82) is 0 Å². The van der Waals surface area contributed by atoms with Gasteiger partial charge in [0.25, 0.3) is 0 Å². The number of carbonyl (C=O) groups excluding carboxylic acids is 1. The lowest BCUT2D eigenvalue weighted by Gasteiger charge is -2.06. The Hall–Kier alpha value is -1.69. The summed E-state index contributed by atoms with van der Waals surface area (Å²) in [5.74, 6) is 1.34. The van der Waals surface area contributed by atoms with Crippen LogP contribution in [0.3, 0.4) is 0 Å². The first kappa shape index (κ1) is 14.3. The van der Waals surface area contributed by atoms with Gasteiger partial charge in [-0.25, -0.2) is 0 Å².